The second-order valence-corrected chi connectivity index (χ2v) is 13.1. The zero-order valence-corrected chi connectivity index (χ0v) is 26.3. The molecule has 1 atom stereocenters. The molecule has 1 aliphatic carbocycles. The number of nitrogens with one attached hydrogen (secondary N) is 2. The minimum absolute atomic E-state index is 0.0822. The molecule has 0 unspecified atom stereocenters. The Morgan fingerprint density at radius 2 is 1.87 bits per heavy atom. The van der Waals surface area contributed by atoms with Gasteiger partial charge in [-0.25, -0.2) is 13.5 Å². The van der Waals surface area contributed by atoms with Crippen molar-refractivity contribution >= 4 is 22.3 Å². The highest BCUT2D eigenvalue weighted by atomic mass is 19.3. The van der Waals surface area contributed by atoms with E-state index < -0.39 is 18.0 Å². The van der Waals surface area contributed by atoms with Crippen LogP contribution in [0.25, 0.3) is 22.0 Å². The maximum atomic E-state index is 14.1. The van der Waals surface area contributed by atoms with Crippen LogP contribution in [0.15, 0.2) is 55.1 Å². The number of aryl methyl sites for hydroxylation is 1. The van der Waals surface area contributed by atoms with Crippen molar-refractivity contribution in [3.63, 3.8) is 0 Å². The number of nitriles is 2. The average Bonchev–Trinajstić information content (AvgIpc) is 3.49. The molecule has 1 saturated carbocycles. The first-order chi connectivity index (χ1) is 21.9. The lowest BCUT2D eigenvalue weighted by atomic mass is 9.92. The van der Waals surface area contributed by atoms with E-state index in [0.717, 1.165) is 22.3 Å². The van der Waals surface area contributed by atoms with E-state index >= 15 is 0 Å². The maximum absolute atomic E-state index is 14.1. The highest BCUT2D eigenvalue weighted by Crippen LogP contribution is 2.48. The Morgan fingerprint density at radius 3 is 2.50 bits per heavy atom. The number of aromatic nitrogens is 6. The number of fused-ring (bicyclic) bond motifs is 1. The van der Waals surface area contributed by atoms with E-state index in [1.807, 2.05) is 38.4 Å². The monoisotopic (exact) mass is 620 g/mol. The van der Waals surface area contributed by atoms with Crippen LogP contribution in [0.3, 0.4) is 0 Å². The summed E-state index contributed by atoms with van der Waals surface area (Å²) in [5, 5.41) is 40.5. The molecule has 6 rings (SSSR count). The van der Waals surface area contributed by atoms with Gasteiger partial charge in [-0.05, 0) is 54.0 Å². The maximum Gasteiger partial charge on any atom is 0.263 e. The Labute approximate surface area is 265 Å². The third kappa shape index (κ3) is 5.63. The molecule has 0 bridgehead atoms. The van der Waals surface area contributed by atoms with Gasteiger partial charge >= 0.3 is 0 Å². The molecular formula is C34H34F2N10. The molecule has 10 nitrogen and oxygen atoms in total. The molecule has 1 aliphatic rings. The summed E-state index contributed by atoms with van der Waals surface area (Å²) >= 11 is 0. The summed E-state index contributed by atoms with van der Waals surface area (Å²) in [5.41, 5.74) is 5.05. The fraction of sp³-hybridized carbons (Fsp3) is 0.353. The van der Waals surface area contributed by atoms with E-state index in [1.54, 1.807) is 29.2 Å². The normalized spacial score (nSPS) is 14.6. The predicted molar refractivity (Wildman–Crippen MR) is 171 cm³/mol. The van der Waals surface area contributed by atoms with Crippen LogP contribution in [0.1, 0.15) is 67.6 Å². The minimum Gasteiger partial charge on any atom is -0.383 e. The van der Waals surface area contributed by atoms with Gasteiger partial charge in [-0.1, -0.05) is 44.2 Å². The number of rotatable bonds is 9. The van der Waals surface area contributed by atoms with Gasteiger partial charge in [0.1, 0.15) is 17.3 Å². The van der Waals surface area contributed by atoms with Crippen LogP contribution in [0.5, 0.6) is 0 Å². The zero-order chi connectivity index (χ0) is 32.8. The summed E-state index contributed by atoms with van der Waals surface area (Å²) in [4.78, 5) is 4.65. The molecule has 5 aromatic rings. The van der Waals surface area contributed by atoms with Gasteiger partial charge in [0.15, 0.2) is 0 Å². The fourth-order valence-electron chi connectivity index (χ4n) is 5.71. The quantitative estimate of drug-likeness (QED) is 0.186. The smallest absolute Gasteiger partial charge is 0.263 e. The molecule has 0 aliphatic heterocycles. The summed E-state index contributed by atoms with van der Waals surface area (Å²) in [6.45, 7) is 8.83. The Bertz CT molecular complexity index is 2020. The molecule has 46 heavy (non-hydrogen) atoms. The first kappa shape index (κ1) is 30.7. The molecule has 3 heterocycles. The van der Waals surface area contributed by atoms with Crippen LogP contribution in [0, 0.1) is 35.0 Å². The molecule has 12 heteroatoms. The molecule has 2 N–H and O–H groups in total. The minimum atomic E-state index is -2.57. The van der Waals surface area contributed by atoms with Crippen LogP contribution < -0.4 is 10.6 Å². The van der Waals surface area contributed by atoms with Crippen molar-refractivity contribution in [1.82, 2.24) is 29.8 Å². The van der Waals surface area contributed by atoms with Crippen molar-refractivity contribution in [3.05, 3.63) is 83.1 Å². The number of anilines is 2. The Morgan fingerprint density at radius 1 is 1.09 bits per heavy atom. The third-order valence-corrected chi connectivity index (χ3v) is 8.45. The molecule has 0 spiro atoms. The highest BCUT2D eigenvalue weighted by molar-refractivity contribution is 6.01. The number of nitrogens with zero attached hydrogens (tertiary/aromatic N) is 8. The average molecular weight is 621 g/mol. The van der Waals surface area contributed by atoms with Crippen molar-refractivity contribution in [2.24, 2.45) is 12.5 Å². The van der Waals surface area contributed by atoms with Gasteiger partial charge < -0.3 is 10.6 Å². The van der Waals surface area contributed by atoms with Gasteiger partial charge in [0, 0.05) is 36.9 Å². The van der Waals surface area contributed by atoms with Crippen molar-refractivity contribution in [3.8, 4) is 23.3 Å². The largest absolute Gasteiger partial charge is 0.383 e. The van der Waals surface area contributed by atoms with Crippen molar-refractivity contribution in [2.75, 3.05) is 17.2 Å². The van der Waals surface area contributed by atoms with Crippen LogP contribution in [-0.4, -0.2) is 42.7 Å². The van der Waals surface area contributed by atoms with Gasteiger partial charge in [-0.15, -0.1) is 5.10 Å². The standard InChI is InChI=1S/C34H34F2N10/c1-20-24(23-16-41-45(5)17-23)7-6-8-25(20)31(28-18-46(44-43-28)34(9-10-34)32(35)36)42-27-12-21(13-37)11-26-29(40-19-33(2,3)4)22(14-38)15-39-30(26)27/h6-8,11-12,15-18,31-32,42H,9-10,19H2,1-5H3,(H,39,40)/t31-/m0/s1. The van der Waals surface area contributed by atoms with Gasteiger partial charge in [0.25, 0.3) is 6.43 Å². The van der Waals surface area contributed by atoms with Gasteiger partial charge in [-0.2, -0.15) is 15.6 Å². The van der Waals surface area contributed by atoms with Gasteiger partial charge in [0.2, 0.25) is 0 Å². The van der Waals surface area contributed by atoms with Crippen molar-refractivity contribution in [2.45, 2.75) is 58.5 Å². The van der Waals surface area contributed by atoms with E-state index in [9.17, 15) is 19.3 Å². The number of benzene rings is 2. The Kier molecular flexibility index (Phi) is 7.69. The van der Waals surface area contributed by atoms with Crippen LogP contribution in [0.2, 0.25) is 0 Å². The zero-order valence-electron chi connectivity index (χ0n) is 26.3. The lowest BCUT2D eigenvalue weighted by Crippen LogP contribution is -2.26. The molecule has 234 valence electrons. The first-order valence-corrected chi connectivity index (χ1v) is 15.0. The summed E-state index contributed by atoms with van der Waals surface area (Å²) in [6.07, 6.45) is 4.90. The van der Waals surface area contributed by atoms with E-state index in [2.05, 4.69) is 63.9 Å². The number of alkyl halides is 2. The molecule has 3 aromatic heterocycles. The number of pyridine rings is 1. The second-order valence-electron chi connectivity index (χ2n) is 13.1. The Balaban J connectivity index is 1.52. The fourth-order valence-corrected chi connectivity index (χ4v) is 5.71. The SMILES string of the molecule is Cc1c(-c2cnn(C)c2)cccc1[C@H](Nc1cc(C#N)cc2c(NCC(C)(C)C)c(C#N)cnc12)c1cn(C2(C(F)F)CC2)nn1. The molecule has 0 amide bonds. The van der Waals surface area contributed by atoms with E-state index in [4.69, 9.17) is 0 Å². The number of halogens is 2. The predicted octanol–water partition coefficient (Wildman–Crippen LogP) is 6.69. The summed E-state index contributed by atoms with van der Waals surface area (Å²) in [5.74, 6) is 0. The topological polar surface area (TPSA) is 133 Å². The number of hydrogen-bond acceptors (Lipinski definition) is 8. The molecule has 2 aromatic carbocycles. The summed E-state index contributed by atoms with van der Waals surface area (Å²) < 4.78 is 31.1. The van der Waals surface area contributed by atoms with Crippen LogP contribution in [0.4, 0.5) is 20.2 Å². The van der Waals surface area contributed by atoms with E-state index in [-0.39, 0.29) is 5.41 Å². The summed E-state index contributed by atoms with van der Waals surface area (Å²) in [6, 6.07) is 13.1. The molecule has 0 saturated heterocycles. The molecule has 0 radical (unpaired) electrons. The van der Waals surface area contributed by atoms with Crippen molar-refractivity contribution < 1.29 is 8.78 Å². The van der Waals surface area contributed by atoms with Crippen molar-refractivity contribution in [1.29, 1.82) is 10.5 Å². The highest BCUT2D eigenvalue weighted by Gasteiger charge is 2.54. The lowest BCUT2D eigenvalue weighted by Gasteiger charge is -2.24. The van der Waals surface area contributed by atoms with Gasteiger partial charge in [0.05, 0.1) is 52.5 Å². The summed E-state index contributed by atoms with van der Waals surface area (Å²) in [7, 11) is 1.85. The van der Waals surface area contributed by atoms with E-state index in [1.165, 1.54) is 10.9 Å². The first-order valence-electron chi connectivity index (χ1n) is 15.0. The third-order valence-electron chi connectivity index (χ3n) is 8.45. The molecule has 1 fully saturated rings. The number of hydrogen-bond donors (Lipinski definition) is 2. The molecular weight excluding hydrogens is 586 g/mol. The Hall–Kier alpha value is -5.36. The van der Waals surface area contributed by atoms with E-state index in [0.29, 0.717) is 58.5 Å². The lowest BCUT2D eigenvalue weighted by molar-refractivity contribution is 0.0593. The van der Waals surface area contributed by atoms with Crippen LogP contribution in [-0.2, 0) is 12.6 Å². The van der Waals surface area contributed by atoms with Gasteiger partial charge in [-0.3, -0.25) is 9.67 Å². The van der Waals surface area contributed by atoms with Crippen LogP contribution >= 0.6 is 0 Å². The second kappa shape index (κ2) is 11.5.